The maximum absolute atomic E-state index is 9.08. The second-order valence-corrected chi connectivity index (χ2v) is 4.25. The molecule has 1 unspecified atom stereocenters. The Kier molecular flexibility index (Phi) is 2.25. The lowest BCUT2D eigenvalue weighted by Crippen LogP contribution is -2.26. The van der Waals surface area contributed by atoms with Gasteiger partial charge >= 0.3 is 0 Å². The summed E-state index contributed by atoms with van der Waals surface area (Å²) in [6, 6.07) is 0. The fourth-order valence-corrected chi connectivity index (χ4v) is 1.77. The third-order valence-electron chi connectivity index (χ3n) is 1.61. The zero-order chi connectivity index (χ0) is 6.91. The van der Waals surface area contributed by atoms with E-state index in [-0.39, 0.29) is 6.10 Å². The van der Waals surface area contributed by atoms with Crippen molar-refractivity contribution in [3.8, 4) is 0 Å². The SMILES string of the molecule is OC1CCCC(Cl)(Cl)C1. The quantitative estimate of drug-likeness (QED) is 0.550. The predicted octanol–water partition coefficient (Wildman–Crippen LogP) is 2.10. The Bertz CT molecular complexity index is 103. The van der Waals surface area contributed by atoms with Crippen LogP contribution in [0.3, 0.4) is 0 Å². The van der Waals surface area contributed by atoms with Gasteiger partial charge in [0.15, 0.2) is 0 Å². The molecule has 1 nitrogen and oxygen atoms in total. The zero-order valence-corrected chi connectivity index (χ0v) is 6.62. The van der Waals surface area contributed by atoms with Crippen LogP contribution >= 0.6 is 23.2 Å². The Morgan fingerprint density at radius 1 is 1.44 bits per heavy atom. The first kappa shape index (κ1) is 7.64. The van der Waals surface area contributed by atoms with E-state index in [0.29, 0.717) is 6.42 Å². The van der Waals surface area contributed by atoms with E-state index < -0.39 is 4.33 Å². The summed E-state index contributed by atoms with van der Waals surface area (Å²) in [6.07, 6.45) is 2.84. The van der Waals surface area contributed by atoms with Crippen molar-refractivity contribution in [1.29, 1.82) is 0 Å². The Balaban J connectivity index is 2.41. The van der Waals surface area contributed by atoms with Gasteiger partial charge in [0.2, 0.25) is 0 Å². The Hall–Kier alpha value is 0.540. The first-order valence-electron chi connectivity index (χ1n) is 3.16. The summed E-state index contributed by atoms with van der Waals surface area (Å²) >= 11 is 11.5. The van der Waals surface area contributed by atoms with Crippen LogP contribution in [0.1, 0.15) is 25.7 Å². The number of hydrogen-bond donors (Lipinski definition) is 1. The Morgan fingerprint density at radius 2 is 2.11 bits per heavy atom. The van der Waals surface area contributed by atoms with Crippen molar-refractivity contribution in [2.45, 2.75) is 36.1 Å². The number of aliphatic hydroxyl groups is 1. The molecule has 1 rings (SSSR count). The Morgan fingerprint density at radius 3 is 2.44 bits per heavy atom. The normalized spacial score (nSPS) is 34.3. The maximum Gasteiger partial charge on any atom is 0.120 e. The molecular formula is C6H10Cl2O. The molecule has 0 aromatic carbocycles. The van der Waals surface area contributed by atoms with Crippen LogP contribution < -0.4 is 0 Å². The lowest BCUT2D eigenvalue weighted by molar-refractivity contribution is 0.126. The number of alkyl halides is 2. The number of rotatable bonds is 0. The van der Waals surface area contributed by atoms with Crippen LogP contribution in [0.25, 0.3) is 0 Å². The highest BCUT2D eigenvalue weighted by Crippen LogP contribution is 2.37. The molecule has 0 amide bonds. The molecule has 0 saturated heterocycles. The van der Waals surface area contributed by atoms with Gasteiger partial charge < -0.3 is 5.11 Å². The molecule has 1 aliphatic carbocycles. The summed E-state index contributed by atoms with van der Waals surface area (Å²) in [6.45, 7) is 0. The smallest absolute Gasteiger partial charge is 0.120 e. The van der Waals surface area contributed by atoms with Gasteiger partial charge in [0, 0.05) is 6.42 Å². The summed E-state index contributed by atoms with van der Waals surface area (Å²) in [5.74, 6) is 0. The topological polar surface area (TPSA) is 20.2 Å². The minimum absolute atomic E-state index is 0.284. The molecule has 1 atom stereocenters. The van der Waals surface area contributed by atoms with Gasteiger partial charge in [0.05, 0.1) is 6.10 Å². The van der Waals surface area contributed by atoms with Gasteiger partial charge in [-0.1, -0.05) is 0 Å². The summed E-state index contributed by atoms with van der Waals surface area (Å²) in [4.78, 5) is 0. The highest BCUT2D eigenvalue weighted by Gasteiger charge is 2.31. The zero-order valence-electron chi connectivity index (χ0n) is 5.11. The van der Waals surface area contributed by atoms with E-state index in [1.165, 1.54) is 0 Å². The van der Waals surface area contributed by atoms with Crippen molar-refractivity contribution in [3.63, 3.8) is 0 Å². The summed E-state index contributed by atoms with van der Waals surface area (Å²) < 4.78 is -0.655. The first-order valence-corrected chi connectivity index (χ1v) is 3.92. The Labute approximate surface area is 65.0 Å². The van der Waals surface area contributed by atoms with Crippen molar-refractivity contribution in [1.82, 2.24) is 0 Å². The van der Waals surface area contributed by atoms with Crippen LogP contribution in [0.5, 0.6) is 0 Å². The molecule has 0 aromatic rings. The molecule has 1 aliphatic rings. The third-order valence-corrected chi connectivity index (χ3v) is 2.30. The highest BCUT2D eigenvalue weighted by molar-refractivity contribution is 6.48. The van der Waals surface area contributed by atoms with Gasteiger partial charge in [-0.05, 0) is 19.3 Å². The van der Waals surface area contributed by atoms with Crippen LogP contribution in [0, 0.1) is 0 Å². The third kappa shape index (κ3) is 2.32. The highest BCUT2D eigenvalue weighted by atomic mass is 35.5. The van der Waals surface area contributed by atoms with E-state index >= 15 is 0 Å². The molecule has 0 radical (unpaired) electrons. The fourth-order valence-electron chi connectivity index (χ4n) is 1.15. The average molecular weight is 169 g/mol. The lowest BCUT2D eigenvalue weighted by atomic mass is 9.97. The van der Waals surface area contributed by atoms with Crippen molar-refractivity contribution < 1.29 is 5.11 Å². The van der Waals surface area contributed by atoms with E-state index in [9.17, 15) is 0 Å². The average Bonchev–Trinajstić information content (AvgIpc) is 1.60. The molecule has 0 bridgehead atoms. The summed E-state index contributed by atoms with van der Waals surface area (Å²) in [5.41, 5.74) is 0. The van der Waals surface area contributed by atoms with E-state index in [1.807, 2.05) is 0 Å². The molecule has 0 heterocycles. The van der Waals surface area contributed by atoms with Crippen LogP contribution in [0.2, 0.25) is 0 Å². The minimum atomic E-state index is -0.655. The molecule has 0 spiro atoms. The van der Waals surface area contributed by atoms with E-state index in [4.69, 9.17) is 28.3 Å². The van der Waals surface area contributed by atoms with Crippen LogP contribution in [0.15, 0.2) is 0 Å². The minimum Gasteiger partial charge on any atom is -0.393 e. The molecule has 54 valence electrons. The molecule has 0 aliphatic heterocycles. The van der Waals surface area contributed by atoms with Crippen LogP contribution in [0.4, 0.5) is 0 Å². The summed E-state index contributed by atoms with van der Waals surface area (Å²) in [5, 5.41) is 9.08. The number of halogens is 2. The second-order valence-electron chi connectivity index (χ2n) is 2.61. The van der Waals surface area contributed by atoms with E-state index in [2.05, 4.69) is 0 Å². The molecule has 9 heavy (non-hydrogen) atoms. The van der Waals surface area contributed by atoms with Gasteiger partial charge in [-0.15, -0.1) is 23.2 Å². The van der Waals surface area contributed by atoms with Gasteiger partial charge in [-0.3, -0.25) is 0 Å². The van der Waals surface area contributed by atoms with Crippen LogP contribution in [-0.2, 0) is 0 Å². The van der Waals surface area contributed by atoms with Crippen molar-refractivity contribution >= 4 is 23.2 Å². The monoisotopic (exact) mass is 168 g/mol. The molecular weight excluding hydrogens is 159 g/mol. The fraction of sp³-hybridized carbons (Fsp3) is 1.00. The van der Waals surface area contributed by atoms with Gasteiger partial charge in [-0.2, -0.15) is 0 Å². The molecule has 1 N–H and O–H groups in total. The number of hydrogen-bond acceptors (Lipinski definition) is 1. The van der Waals surface area contributed by atoms with Crippen molar-refractivity contribution in [3.05, 3.63) is 0 Å². The molecule has 0 aromatic heterocycles. The summed E-state index contributed by atoms with van der Waals surface area (Å²) in [7, 11) is 0. The van der Waals surface area contributed by atoms with Crippen molar-refractivity contribution in [2.75, 3.05) is 0 Å². The van der Waals surface area contributed by atoms with Gasteiger partial charge in [-0.25, -0.2) is 0 Å². The standard InChI is InChI=1S/C6H10Cl2O/c7-6(8)3-1-2-5(9)4-6/h5,9H,1-4H2. The largest absolute Gasteiger partial charge is 0.393 e. The number of aliphatic hydroxyl groups excluding tert-OH is 1. The lowest BCUT2D eigenvalue weighted by Gasteiger charge is -2.27. The second kappa shape index (κ2) is 2.65. The predicted molar refractivity (Wildman–Crippen MR) is 38.9 cm³/mol. The maximum atomic E-state index is 9.08. The van der Waals surface area contributed by atoms with Gasteiger partial charge in [0.1, 0.15) is 4.33 Å². The van der Waals surface area contributed by atoms with Gasteiger partial charge in [0.25, 0.3) is 0 Å². The van der Waals surface area contributed by atoms with Crippen molar-refractivity contribution in [2.24, 2.45) is 0 Å². The first-order chi connectivity index (χ1) is 4.10. The molecule has 1 saturated carbocycles. The van der Waals surface area contributed by atoms with Crippen LogP contribution in [-0.4, -0.2) is 15.5 Å². The molecule has 3 heteroatoms. The van der Waals surface area contributed by atoms with E-state index in [1.54, 1.807) is 0 Å². The molecule has 1 fully saturated rings. The van der Waals surface area contributed by atoms with E-state index in [0.717, 1.165) is 19.3 Å².